The Morgan fingerprint density at radius 2 is 1.89 bits per heavy atom. The zero-order chi connectivity index (χ0) is 14.6. The molecule has 0 amide bonds. The van der Waals surface area contributed by atoms with Crippen LogP contribution in [0.3, 0.4) is 0 Å². The molecular formula is C14H19NO4. The van der Waals surface area contributed by atoms with Gasteiger partial charge in [0.1, 0.15) is 6.04 Å². The van der Waals surface area contributed by atoms with Crippen LogP contribution in [0.25, 0.3) is 0 Å². The fourth-order valence-corrected chi connectivity index (χ4v) is 1.90. The van der Waals surface area contributed by atoms with E-state index in [-0.39, 0.29) is 13.0 Å². The molecule has 2 N–H and O–H groups in total. The lowest BCUT2D eigenvalue weighted by Crippen LogP contribution is -2.40. The molecule has 1 aromatic carbocycles. The molecule has 0 fully saturated rings. The standard InChI is InChI=1S/C14H19NO4/c1-9-4-5-10(2)12(8-9)15(7-6-13(16)17)11(3)14(18)19/h4-5,8,11H,6-7H2,1-3H3,(H,16,17)(H,18,19). The molecule has 0 aliphatic rings. The zero-order valence-electron chi connectivity index (χ0n) is 11.4. The Labute approximate surface area is 112 Å². The van der Waals surface area contributed by atoms with Gasteiger partial charge in [0, 0.05) is 12.2 Å². The van der Waals surface area contributed by atoms with E-state index in [9.17, 15) is 9.59 Å². The summed E-state index contributed by atoms with van der Waals surface area (Å²) in [4.78, 5) is 23.5. The number of nitrogens with zero attached hydrogens (tertiary/aromatic N) is 1. The van der Waals surface area contributed by atoms with Gasteiger partial charge in [-0.3, -0.25) is 4.79 Å². The van der Waals surface area contributed by atoms with Crippen molar-refractivity contribution in [3.8, 4) is 0 Å². The number of anilines is 1. The second-order valence-electron chi connectivity index (χ2n) is 4.64. The molecule has 0 radical (unpaired) electrons. The molecule has 104 valence electrons. The van der Waals surface area contributed by atoms with Crippen molar-refractivity contribution in [3.05, 3.63) is 29.3 Å². The van der Waals surface area contributed by atoms with Gasteiger partial charge in [-0.15, -0.1) is 0 Å². The summed E-state index contributed by atoms with van der Waals surface area (Å²) in [6, 6.07) is 4.98. The van der Waals surface area contributed by atoms with Crippen molar-refractivity contribution in [1.29, 1.82) is 0 Å². The molecule has 0 spiro atoms. The summed E-state index contributed by atoms with van der Waals surface area (Å²) in [5.74, 6) is -1.90. The maximum Gasteiger partial charge on any atom is 0.326 e. The molecular weight excluding hydrogens is 246 g/mol. The lowest BCUT2D eigenvalue weighted by Gasteiger charge is -2.30. The summed E-state index contributed by atoms with van der Waals surface area (Å²) < 4.78 is 0. The van der Waals surface area contributed by atoms with E-state index in [0.29, 0.717) is 0 Å². The number of carboxylic acid groups (broad SMARTS) is 2. The summed E-state index contributed by atoms with van der Waals surface area (Å²) in [6.45, 7) is 5.54. The van der Waals surface area contributed by atoms with E-state index in [2.05, 4.69) is 0 Å². The van der Waals surface area contributed by atoms with Gasteiger partial charge in [0.15, 0.2) is 0 Å². The normalized spacial score (nSPS) is 11.9. The highest BCUT2D eigenvalue weighted by atomic mass is 16.4. The molecule has 0 heterocycles. The first-order chi connectivity index (χ1) is 8.82. The fraction of sp³-hybridized carbons (Fsp3) is 0.429. The second-order valence-corrected chi connectivity index (χ2v) is 4.64. The summed E-state index contributed by atoms with van der Waals surface area (Å²) >= 11 is 0. The molecule has 1 aromatic rings. The Kier molecular flexibility index (Phi) is 4.92. The topological polar surface area (TPSA) is 77.8 Å². The van der Waals surface area contributed by atoms with Crippen LogP contribution in [0, 0.1) is 13.8 Å². The third-order valence-electron chi connectivity index (χ3n) is 3.07. The number of carboxylic acids is 2. The van der Waals surface area contributed by atoms with Crippen molar-refractivity contribution in [3.63, 3.8) is 0 Å². The number of aliphatic carboxylic acids is 2. The third-order valence-corrected chi connectivity index (χ3v) is 3.07. The van der Waals surface area contributed by atoms with Crippen LogP contribution >= 0.6 is 0 Å². The minimum absolute atomic E-state index is 0.0923. The van der Waals surface area contributed by atoms with Gasteiger partial charge in [-0.2, -0.15) is 0 Å². The van der Waals surface area contributed by atoms with Crippen molar-refractivity contribution < 1.29 is 19.8 Å². The first-order valence-electron chi connectivity index (χ1n) is 6.11. The lowest BCUT2D eigenvalue weighted by molar-refractivity contribution is -0.139. The van der Waals surface area contributed by atoms with Crippen LogP contribution in [0.2, 0.25) is 0 Å². The Balaban J connectivity index is 3.10. The van der Waals surface area contributed by atoms with Crippen LogP contribution in [0.15, 0.2) is 18.2 Å². The lowest BCUT2D eigenvalue weighted by atomic mass is 10.1. The monoisotopic (exact) mass is 265 g/mol. The molecule has 0 aliphatic heterocycles. The molecule has 1 unspecified atom stereocenters. The van der Waals surface area contributed by atoms with Crippen LogP contribution in [0.4, 0.5) is 5.69 Å². The van der Waals surface area contributed by atoms with Gasteiger partial charge in [0.2, 0.25) is 0 Å². The average Bonchev–Trinajstić information content (AvgIpc) is 2.32. The Morgan fingerprint density at radius 1 is 1.26 bits per heavy atom. The van der Waals surface area contributed by atoms with E-state index in [1.807, 2.05) is 32.0 Å². The minimum atomic E-state index is -0.966. The number of benzene rings is 1. The van der Waals surface area contributed by atoms with E-state index in [1.54, 1.807) is 11.8 Å². The SMILES string of the molecule is Cc1ccc(C)c(N(CCC(=O)O)C(C)C(=O)O)c1. The first-order valence-corrected chi connectivity index (χ1v) is 6.11. The van der Waals surface area contributed by atoms with Crippen LogP contribution in [0.1, 0.15) is 24.5 Å². The average molecular weight is 265 g/mol. The summed E-state index contributed by atoms with van der Waals surface area (Å²) in [7, 11) is 0. The van der Waals surface area contributed by atoms with Crippen LogP contribution in [-0.4, -0.2) is 34.7 Å². The number of aryl methyl sites for hydroxylation is 2. The maximum absolute atomic E-state index is 11.2. The van der Waals surface area contributed by atoms with Crippen LogP contribution in [0.5, 0.6) is 0 Å². The molecule has 1 atom stereocenters. The molecule has 0 saturated heterocycles. The minimum Gasteiger partial charge on any atom is -0.481 e. The van der Waals surface area contributed by atoms with Gasteiger partial charge in [-0.25, -0.2) is 4.79 Å². The van der Waals surface area contributed by atoms with E-state index in [0.717, 1.165) is 16.8 Å². The number of rotatable bonds is 6. The van der Waals surface area contributed by atoms with Crippen molar-refractivity contribution in [2.75, 3.05) is 11.4 Å². The second kappa shape index (κ2) is 6.22. The van der Waals surface area contributed by atoms with E-state index in [1.165, 1.54) is 0 Å². The van der Waals surface area contributed by atoms with Crippen molar-refractivity contribution >= 4 is 17.6 Å². The molecule has 0 bridgehead atoms. The van der Waals surface area contributed by atoms with Gasteiger partial charge >= 0.3 is 11.9 Å². The highest BCUT2D eigenvalue weighted by Gasteiger charge is 2.22. The molecule has 19 heavy (non-hydrogen) atoms. The smallest absolute Gasteiger partial charge is 0.326 e. The number of hydrogen-bond donors (Lipinski definition) is 2. The molecule has 0 aliphatic carbocycles. The fourth-order valence-electron chi connectivity index (χ4n) is 1.90. The molecule has 5 nitrogen and oxygen atoms in total. The third kappa shape index (κ3) is 3.98. The van der Waals surface area contributed by atoms with Crippen molar-refractivity contribution in [2.45, 2.75) is 33.2 Å². The Hall–Kier alpha value is -2.04. The maximum atomic E-state index is 11.2. The van der Waals surface area contributed by atoms with Crippen LogP contribution < -0.4 is 4.90 Å². The van der Waals surface area contributed by atoms with E-state index in [4.69, 9.17) is 10.2 Å². The molecule has 0 aromatic heterocycles. The predicted octanol–water partition coefficient (Wildman–Crippen LogP) is 2.06. The Morgan fingerprint density at radius 3 is 2.42 bits per heavy atom. The molecule has 5 heteroatoms. The summed E-state index contributed by atoms with van der Waals surface area (Å²) in [5, 5.41) is 17.9. The van der Waals surface area contributed by atoms with Crippen molar-refractivity contribution in [1.82, 2.24) is 0 Å². The molecule has 0 saturated carbocycles. The number of carbonyl (C=O) groups is 2. The van der Waals surface area contributed by atoms with E-state index < -0.39 is 18.0 Å². The summed E-state index contributed by atoms with van der Waals surface area (Å²) in [5.41, 5.74) is 2.72. The van der Waals surface area contributed by atoms with Gasteiger partial charge in [-0.05, 0) is 38.0 Å². The number of hydrogen-bond acceptors (Lipinski definition) is 3. The quantitative estimate of drug-likeness (QED) is 0.823. The molecule has 1 rings (SSSR count). The van der Waals surface area contributed by atoms with E-state index >= 15 is 0 Å². The predicted molar refractivity (Wildman–Crippen MR) is 72.6 cm³/mol. The zero-order valence-corrected chi connectivity index (χ0v) is 11.4. The van der Waals surface area contributed by atoms with Crippen molar-refractivity contribution in [2.24, 2.45) is 0 Å². The van der Waals surface area contributed by atoms with Crippen LogP contribution in [-0.2, 0) is 9.59 Å². The van der Waals surface area contributed by atoms with Gasteiger partial charge in [0.25, 0.3) is 0 Å². The highest BCUT2D eigenvalue weighted by Crippen LogP contribution is 2.24. The van der Waals surface area contributed by atoms with Gasteiger partial charge in [-0.1, -0.05) is 12.1 Å². The Bertz CT molecular complexity index is 484. The van der Waals surface area contributed by atoms with Gasteiger partial charge < -0.3 is 15.1 Å². The highest BCUT2D eigenvalue weighted by molar-refractivity contribution is 5.79. The largest absolute Gasteiger partial charge is 0.481 e. The summed E-state index contributed by atoms with van der Waals surface area (Å²) in [6.07, 6.45) is -0.0923. The van der Waals surface area contributed by atoms with Gasteiger partial charge in [0.05, 0.1) is 6.42 Å². The first kappa shape index (κ1) is 15.0.